The van der Waals surface area contributed by atoms with E-state index in [1.807, 2.05) is 0 Å². The number of para-hydroxylation sites is 1. The van der Waals surface area contributed by atoms with E-state index >= 15 is 0 Å². The molecule has 4 aromatic carbocycles. The molecule has 2 atom stereocenters. The Bertz CT molecular complexity index is 1210. The molecule has 176 valence electrons. The van der Waals surface area contributed by atoms with Crippen molar-refractivity contribution in [2.24, 2.45) is 0 Å². The smallest absolute Gasteiger partial charge is 0.130 e. The van der Waals surface area contributed by atoms with Crippen LogP contribution in [0.15, 0.2) is 91.0 Å². The molecule has 3 nitrogen and oxygen atoms in total. The molecule has 0 amide bonds. The third kappa shape index (κ3) is 5.28. The Hall–Kier alpha value is -2.85. The van der Waals surface area contributed by atoms with Crippen molar-refractivity contribution in [1.82, 2.24) is 5.32 Å². The lowest BCUT2D eigenvalue weighted by Crippen LogP contribution is -2.41. The number of benzene rings is 4. The Labute approximate surface area is 208 Å². The number of piperidine rings is 1. The van der Waals surface area contributed by atoms with Gasteiger partial charge in [0.2, 0.25) is 0 Å². The van der Waals surface area contributed by atoms with Gasteiger partial charge in [0.25, 0.3) is 0 Å². The van der Waals surface area contributed by atoms with Gasteiger partial charge in [0, 0.05) is 23.6 Å². The van der Waals surface area contributed by atoms with Gasteiger partial charge >= 0.3 is 0 Å². The van der Waals surface area contributed by atoms with Crippen molar-refractivity contribution in [3.05, 3.63) is 102 Å². The molecule has 4 heteroatoms. The zero-order valence-corrected chi connectivity index (χ0v) is 20.4. The monoisotopic (exact) mass is 473 g/mol. The van der Waals surface area contributed by atoms with Crippen LogP contribution in [-0.4, -0.2) is 25.8 Å². The first kappa shape index (κ1) is 24.3. The third-order valence-electron chi connectivity index (χ3n) is 6.52. The highest BCUT2D eigenvalue weighted by Gasteiger charge is 2.30. The fraction of sp³-hybridized carbons (Fsp3) is 0.267. The highest BCUT2D eigenvalue weighted by atomic mass is 35.5. The first-order valence-electron chi connectivity index (χ1n) is 11.9. The third-order valence-corrected chi connectivity index (χ3v) is 6.52. The molecule has 1 aliphatic rings. The van der Waals surface area contributed by atoms with Crippen molar-refractivity contribution in [1.29, 1.82) is 0 Å². The lowest BCUT2D eigenvalue weighted by molar-refractivity contribution is 0.0101. The normalized spacial score (nSPS) is 17.8. The summed E-state index contributed by atoms with van der Waals surface area (Å²) in [6, 6.07) is 32.1. The van der Waals surface area contributed by atoms with E-state index in [0.29, 0.717) is 13.2 Å². The van der Waals surface area contributed by atoms with E-state index in [1.165, 1.54) is 27.5 Å². The summed E-state index contributed by atoms with van der Waals surface area (Å²) in [7, 11) is 0. The van der Waals surface area contributed by atoms with Crippen LogP contribution >= 0.6 is 12.4 Å². The molecule has 0 radical (unpaired) electrons. The average Bonchev–Trinajstić information content (AvgIpc) is 2.88. The van der Waals surface area contributed by atoms with Crippen molar-refractivity contribution in [3.8, 4) is 16.9 Å². The number of hydrogen-bond donors (Lipinski definition) is 1. The van der Waals surface area contributed by atoms with Crippen LogP contribution in [0.5, 0.6) is 5.75 Å². The fourth-order valence-corrected chi connectivity index (χ4v) is 4.89. The van der Waals surface area contributed by atoms with Gasteiger partial charge in [-0.1, -0.05) is 84.9 Å². The number of rotatable bonds is 7. The van der Waals surface area contributed by atoms with Gasteiger partial charge in [0.15, 0.2) is 0 Å². The summed E-state index contributed by atoms with van der Waals surface area (Å²) in [6.07, 6.45) is 1.12. The molecule has 0 saturated carbocycles. The minimum Gasteiger partial charge on any atom is -0.493 e. The maximum atomic E-state index is 6.55. The molecule has 1 aliphatic heterocycles. The van der Waals surface area contributed by atoms with E-state index in [1.54, 1.807) is 0 Å². The largest absolute Gasteiger partial charge is 0.493 e. The number of nitrogens with one attached hydrogen (secondary N) is 1. The van der Waals surface area contributed by atoms with Crippen LogP contribution in [0.2, 0.25) is 0 Å². The highest BCUT2D eigenvalue weighted by molar-refractivity contribution is 5.85. The second kappa shape index (κ2) is 11.5. The molecule has 5 rings (SSSR count). The Morgan fingerprint density at radius 2 is 1.65 bits per heavy atom. The topological polar surface area (TPSA) is 30.5 Å². The van der Waals surface area contributed by atoms with Gasteiger partial charge in [-0.15, -0.1) is 12.4 Å². The lowest BCUT2D eigenvalue weighted by Gasteiger charge is -2.34. The molecule has 0 aliphatic carbocycles. The predicted octanol–water partition coefficient (Wildman–Crippen LogP) is 6.99. The second-order valence-electron chi connectivity index (χ2n) is 8.65. The van der Waals surface area contributed by atoms with Crippen LogP contribution < -0.4 is 10.1 Å². The summed E-state index contributed by atoms with van der Waals surface area (Å²) in [6.45, 7) is 5.14. The molecular formula is C30H32ClNO2. The van der Waals surface area contributed by atoms with Crippen LogP contribution in [-0.2, 0) is 11.3 Å². The molecule has 0 aromatic heterocycles. The van der Waals surface area contributed by atoms with E-state index in [-0.39, 0.29) is 24.4 Å². The quantitative estimate of drug-likeness (QED) is 0.313. The van der Waals surface area contributed by atoms with Crippen LogP contribution in [0.25, 0.3) is 21.9 Å². The van der Waals surface area contributed by atoms with E-state index < -0.39 is 0 Å². The van der Waals surface area contributed by atoms with Gasteiger partial charge in [-0.3, -0.25) is 0 Å². The Balaban J connectivity index is 0.00000274. The summed E-state index contributed by atoms with van der Waals surface area (Å²) in [5.41, 5.74) is 4.80. The maximum Gasteiger partial charge on any atom is 0.130 e. The van der Waals surface area contributed by atoms with E-state index in [4.69, 9.17) is 9.47 Å². The Morgan fingerprint density at radius 3 is 2.47 bits per heavy atom. The van der Waals surface area contributed by atoms with E-state index in [0.717, 1.165) is 30.8 Å². The number of fused-ring (bicyclic) bond motifs is 1. The van der Waals surface area contributed by atoms with Crippen molar-refractivity contribution >= 4 is 23.2 Å². The number of halogens is 1. The van der Waals surface area contributed by atoms with Crippen molar-refractivity contribution in [3.63, 3.8) is 0 Å². The summed E-state index contributed by atoms with van der Waals surface area (Å²) in [5.74, 6) is 1.29. The van der Waals surface area contributed by atoms with Crippen molar-refractivity contribution < 1.29 is 9.47 Å². The molecule has 0 unspecified atom stereocenters. The van der Waals surface area contributed by atoms with Crippen LogP contribution in [0.3, 0.4) is 0 Å². The van der Waals surface area contributed by atoms with Crippen LogP contribution in [0, 0.1) is 0 Å². The van der Waals surface area contributed by atoms with Gasteiger partial charge < -0.3 is 14.8 Å². The standard InChI is InChI=1S/C30H31NO2.ClH/c1-2-32-30-26(24-10-4-3-5-11-24)13-8-14-28(30)27-17-18-31-20-29(27)33-21-22-15-16-23-9-6-7-12-25(23)19-22;/h3-16,19,27,29,31H,2,17-18,20-21H2,1H3;1H/t27-,29+;/m1./s1. The molecule has 1 heterocycles. The highest BCUT2D eigenvalue weighted by Crippen LogP contribution is 2.40. The molecule has 34 heavy (non-hydrogen) atoms. The first-order valence-corrected chi connectivity index (χ1v) is 11.9. The first-order chi connectivity index (χ1) is 16.3. The van der Waals surface area contributed by atoms with E-state index in [9.17, 15) is 0 Å². The summed E-state index contributed by atoms with van der Waals surface area (Å²) < 4.78 is 12.8. The van der Waals surface area contributed by atoms with Gasteiger partial charge in [-0.25, -0.2) is 0 Å². The molecule has 0 spiro atoms. The maximum absolute atomic E-state index is 6.55. The number of hydrogen-bond acceptors (Lipinski definition) is 3. The Kier molecular flexibility index (Phi) is 8.23. The molecule has 1 N–H and O–H groups in total. The number of ether oxygens (including phenoxy) is 2. The zero-order chi connectivity index (χ0) is 22.5. The van der Waals surface area contributed by atoms with Crippen molar-refractivity contribution in [2.75, 3.05) is 19.7 Å². The molecule has 4 aromatic rings. The minimum absolute atomic E-state index is 0. The zero-order valence-electron chi connectivity index (χ0n) is 19.6. The minimum atomic E-state index is 0. The van der Waals surface area contributed by atoms with E-state index in [2.05, 4.69) is 103 Å². The van der Waals surface area contributed by atoms with Gasteiger partial charge in [-0.05, 0) is 47.9 Å². The summed E-state index contributed by atoms with van der Waals surface area (Å²) >= 11 is 0. The molecule has 1 fully saturated rings. The SMILES string of the molecule is CCOc1c(-c2ccccc2)cccc1[C@H]1CCNC[C@@H]1OCc1ccc2ccccc2c1.Cl. The van der Waals surface area contributed by atoms with Gasteiger partial charge in [0.1, 0.15) is 5.75 Å². The summed E-state index contributed by atoms with van der Waals surface area (Å²) in [4.78, 5) is 0. The fourth-order valence-electron chi connectivity index (χ4n) is 4.89. The predicted molar refractivity (Wildman–Crippen MR) is 143 cm³/mol. The lowest BCUT2D eigenvalue weighted by atomic mass is 9.85. The second-order valence-corrected chi connectivity index (χ2v) is 8.65. The van der Waals surface area contributed by atoms with Crippen molar-refractivity contribution in [2.45, 2.75) is 32.0 Å². The Morgan fingerprint density at radius 1 is 0.853 bits per heavy atom. The molecule has 0 bridgehead atoms. The summed E-state index contributed by atoms with van der Waals surface area (Å²) in [5, 5.41) is 6.05. The molecule has 1 saturated heterocycles. The average molecular weight is 474 g/mol. The van der Waals surface area contributed by atoms with Gasteiger partial charge in [0.05, 0.1) is 19.3 Å². The van der Waals surface area contributed by atoms with Crippen LogP contribution in [0.1, 0.15) is 30.4 Å². The van der Waals surface area contributed by atoms with Gasteiger partial charge in [-0.2, -0.15) is 0 Å². The van der Waals surface area contributed by atoms with Crippen LogP contribution in [0.4, 0.5) is 0 Å². The molecular weight excluding hydrogens is 442 g/mol.